The number of esters is 1. The number of hydrogen-bond donors (Lipinski definition) is 0. The van der Waals surface area contributed by atoms with Crippen molar-refractivity contribution in [2.45, 2.75) is 45.4 Å². The molecular weight excluding hydrogens is 460 g/mol. The Balaban J connectivity index is 1.41. The topological polar surface area (TPSA) is 35.5 Å². The molecule has 0 spiro atoms. The molecule has 1 aliphatic carbocycles. The van der Waals surface area contributed by atoms with Crippen LogP contribution in [0, 0.1) is 36.1 Å². The lowest BCUT2D eigenvalue weighted by atomic mass is 9.78. The first-order chi connectivity index (χ1) is 16.8. The second-order valence-electron chi connectivity index (χ2n) is 8.79. The first-order valence-corrected chi connectivity index (χ1v) is 11.7. The van der Waals surface area contributed by atoms with Crippen molar-refractivity contribution in [3.05, 3.63) is 82.9 Å². The lowest BCUT2D eigenvalue weighted by molar-refractivity contribution is -0.140. The maximum Gasteiger partial charge on any atom is 0.314 e. The van der Waals surface area contributed by atoms with Crippen LogP contribution in [0.5, 0.6) is 11.5 Å². The molecule has 0 bridgehead atoms. The largest absolute Gasteiger partial charge is 0.491 e. The van der Waals surface area contributed by atoms with Crippen LogP contribution in [0.3, 0.4) is 0 Å². The zero-order chi connectivity index (χ0) is 25.1. The molecule has 184 valence electrons. The molecule has 3 nitrogen and oxygen atoms in total. The van der Waals surface area contributed by atoms with E-state index in [-0.39, 0.29) is 29.4 Å². The summed E-state index contributed by atoms with van der Waals surface area (Å²) < 4.78 is 68.2. The molecule has 1 aliphatic rings. The van der Waals surface area contributed by atoms with Gasteiger partial charge in [-0.2, -0.15) is 8.78 Å². The van der Waals surface area contributed by atoms with Gasteiger partial charge in [-0.15, -0.1) is 0 Å². The Kier molecular flexibility index (Phi) is 7.43. The lowest BCUT2D eigenvalue weighted by Gasteiger charge is -2.28. The van der Waals surface area contributed by atoms with Gasteiger partial charge in [0.15, 0.2) is 23.1 Å². The molecule has 0 atom stereocenters. The standard InChI is InChI=1S/C28H26F4O3/c1-3-34-22-14-15-23(27(32)26(22)31)35-28(33)19-10-8-18(9-11-19)21-13-12-20(24(29)25(21)30)17-6-4-16(2)5-7-17/h4-7,12-15,18-19H,3,8-11H2,1-2H3. The summed E-state index contributed by atoms with van der Waals surface area (Å²) >= 11 is 0. The molecule has 0 radical (unpaired) electrons. The molecule has 1 saturated carbocycles. The van der Waals surface area contributed by atoms with Crippen LogP contribution >= 0.6 is 0 Å². The van der Waals surface area contributed by atoms with Gasteiger partial charge in [0.1, 0.15) is 0 Å². The van der Waals surface area contributed by atoms with Gasteiger partial charge in [0.25, 0.3) is 0 Å². The van der Waals surface area contributed by atoms with Crippen molar-refractivity contribution in [3.63, 3.8) is 0 Å². The number of carbonyl (C=O) groups excluding carboxylic acids is 1. The Labute approximate surface area is 201 Å². The number of benzene rings is 3. The molecule has 0 unspecified atom stereocenters. The van der Waals surface area contributed by atoms with Gasteiger partial charge in [-0.25, -0.2) is 8.78 Å². The molecule has 35 heavy (non-hydrogen) atoms. The van der Waals surface area contributed by atoms with E-state index in [0.29, 0.717) is 31.2 Å². The maximum absolute atomic E-state index is 15.0. The van der Waals surface area contributed by atoms with E-state index in [1.54, 1.807) is 31.2 Å². The Bertz CT molecular complexity index is 1220. The lowest BCUT2D eigenvalue weighted by Crippen LogP contribution is -2.26. The Morgan fingerprint density at radius 2 is 1.43 bits per heavy atom. The zero-order valence-corrected chi connectivity index (χ0v) is 19.5. The average Bonchev–Trinajstić information content (AvgIpc) is 2.86. The molecule has 0 aliphatic heterocycles. The number of halogens is 4. The third-order valence-corrected chi connectivity index (χ3v) is 6.50. The van der Waals surface area contributed by atoms with Crippen LogP contribution < -0.4 is 9.47 Å². The average molecular weight is 487 g/mol. The highest BCUT2D eigenvalue weighted by Gasteiger charge is 2.31. The van der Waals surface area contributed by atoms with E-state index in [9.17, 15) is 22.4 Å². The van der Waals surface area contributed by atoms with Gasteiger partial charge in [0, 0.05) is 5.56 Å². The molecular formula is C28H26F4O3. The molecule has 0 saturated heterocycles. The second kappa shape index (κ2) is 10.5. The minimum atomic E-state index is -1.29. The summed E-state index contributed by atoms with van der Waals surface area (Å²) in [6.45, 7) is 3.72. The van der Waals surface area contributed by atoms with Gasteiger partial charge in [0.05, 0.1) is 12.5 Å². The molecule has 0 N–H and O–H groups in total. The molecule has 1 fully saturated rings. The highest BCUT2D eigenvalue weighted by Crippen LogP contribution is 2.39. The summed E-state index contributed by atoms with van der Waals surface area (Å²) in [5, 5.41) is 0. The number of carbonyl (C=O) groups is 1. The number of ether oxygens (including phenoxy) is 2. The number of hydrogen-bond acceptors (Lipinski definition) is 3. The highest BCUT2D eigenvalue weighted by molar-refractivity contribution is 5.75. The third-order valence-electron chi connectivity index (χ3n) is 6.50. The van der Waals surface area contributed by atoms with Gasteiger partial charge in [0.2, 0.25) is 11.6 Å². The van der Waals surface area contributed by atoms with Crippen LogP contribution in [0.25, 0.3) is 11.1 Å². The first-order valence-electron chi connectivity index (χ1n) is 11.7. The SMILES string of the molecule is CCOc1ccc(OC(=O)C2CCC(c3ccc(-c4ccc(C)cc4)c(F)c3F)CC2)c(F)c1F. The summed E-state index contributed by atoms with van der Waals surface area (Å²) in [6, 6.07) is 12.7. The van der Waals surface area contributed by atoms with E-state index in [1.807, 2.05) is 19.1 Å². The molecule has 0 amide bonds. The van der Waals surface area contributed by atoms with Crippen LogP contribution in [0.4, 0.5) is 17.6 Å². The molecule has 0 heterocycles. The molecule has 4 rings (SSSR count). The third kappa shape index (κ3) is 5.19. The van der Waals surface area contributed by atoms with Crippen molar-refractivity contribution in [1.82, 2.24) is 0 Å². The van der Waals surface area contributed by atoms with Crippen molar-refractivity contribution in [2.24, 2.45) is 5.92 Å². The summed E-state index contributed by atoms with van der Waals surface area (Å²) in [4.78, 5) is 12.6. The van der Waals surface area contributed by atoms with Crippen molar-refractivity contribution < 1.29 is 31.8 Å². The Hall–Kier alpha value is -3.35. The number of rotatable bonds is 6. The molecule has 3 aromatic carbocycles. The van der Waals surface area contributed by atoms with Crippen LogP contribution in [-0.2, 0) is 4.79 Å². The van der Waals surface area contributed by atoms with Crippen LogP contribution in [0.1, 0.15) is 49.7 Å². The van der Waals surface area contributed by atoms with Crippen molar-refractivity contribution in [3.8, 4) is 22.6 Å². The van der Waals surface area contributed by atoms with E-state index in [2.05, 4.69) is 0 Å². The predicted octanol–water partition coefficient (Wildman–Crippen LogP) is 7.50. The highest BCUT2D eigenvalue weighted by atomic mass is 19.2. The quantitative estimate of drug-likeness (QED) is 0.206. The first kappa shape index (κ1) is 24.8. The summed E-state index contributed by atoms with van der Waals surface area (Å²) in [5.74, 6) is -6.49. The number of aryl methyl sites for hydroxylation is 1. The predicted molar refractivity (Wildman–Crippen MR) is 124 cm³/mol. The van der Waals surface area contributed by atoms with E-state index < -0.39 is 40.9 Å². The van der Waals surface area contributed by atoms with E-state index in [0.717, 1.165) is 11.6 Å². The maximum atomic E-state index is 15.0. The van der Waals surface area contributed by atoms with E-state index in [4.69, 9.17) is 9.47 Å². The van der Waals surface area contributed by atoms with Gasteiger partial charge in [-0.05, 0) is 68.7 Å². The Morgan fingerprint density at radius 1 is 0.800 bits per heavy atom. The molecule has 3 aromatic rings. The normalized spacial score (nSPS) is 17.8. The van der Waals surface area contributed by atoms with Crippen LogP contribution in [0.2, 0.25) is 0 Å². The van der Waals surface area contributed by atoms with E-state index >= 15 is 0 Å². The fourth-order valence-electron chi connectivity index (χ4n) is 4.53. The Morgan fingerprint density at radius 3 is 2.09 bits per heavy atom. The fourth-order valence-corrected chi connectivity index (χ4v) is 4.53. The van der Waals surface area contributed by atoms with Gasteiger partial charge >= 0.3 is 5.97 Å². The van der Waals surface area contributed by atoms with Gasteiger partial charge < -0.3 is 9.47 Å². The van der Waals surface area contributed by atoms with Gasteiger partial charge in [-0.1, -0.05) is 42.0 Å². The van der Waals surface area contributed by atoms with Crippen molar-refractivity contribution in [1.29, 1.82) is 0 Å². The van der Waals surface area contributed by atoms with Gasteiger partial charge in [-0.3, -0.25) is 4.79 Å². The monoisotopic (exact) mass is 486 g/mol. The molecule has 0 aromatic heterocycles. The second-order valence-corrected chi connectivity index (χ2v) is 8.79. The van der Waals surface area contributed by atoms with Crippen molar-refractivity contribution >= 4 is 5.97 Å². The summed E-state index contributed by atoms with van der Waals surface area (Å²) in [6.07, 6.45) is 1.62. The van der Waals surface area contributed by atoms with Crippen molar-refractivity contribution in [2.75, 3.05) is 6.61 Å². The minimum Gasteiger partial charge on any atom is -0.491 e. The smallest absolute Gasteiger partial charge is 0.314 e. The van der Waals surface area contributed by atoms with Crippen LogP contribution in [0.15, 0.2) is 48.5 Å². The van der Waals surface area contributed by atoms with Crippen LogP contribution in [-0.4, -0.2) is 12.6 Å². The van der Waals surface area contributed by atoms with E-state index in [1.165, 1.54) is 6.07 Å². The molecule has 7 heteroatoms. The zero-order valence-electron chi connectivity index (χ0n) is 19.5. The summed E-state index contributed by atoms with van der Waals surface area (Å²) in [7, 11) is 0. The fraction of sp³-hybridized carbons (Fsp3) is 0.321. The minimum absolute atomic E-state index is 0.165. The summed E-state index contributed by atoms with van der Waals surface area (Å²) in [5.41, 5.74) is 2.11.